The summed E-state index contributed by atoms with van der Waals surface area (Å²) in [5.41, 5.74) is 3.04. The molecule has 1 aliphatic heterocycles. The fourth-order valence-electron chi connectivity index (χ4n) is 2.70. The van der Waals surface area contributed by atoms with E-state index in [9.17, 15) is 9.59 Å². The summed E-state index contributed by atoms with van der Waals surface area (Å²) in [7, 11) is 0. The lowest BCUT2D eigenvalue weighted by Crippen LogP contribution is -2.30. The summed E-state index contributed by atoms with van der Waals surface area (Å²) in [6, 6.07) is 11.5. The Labute approximate surface area is 135 Å². The molecule has 5 heteroatoms. The molecule has 3 rings (SSSR count). The number of para-hydroxylation sites is 1. The van der Waals surface area contributed by atoms with Crippen LogP contribution in [0.4, 0.5) is 11.5 Å². The van der Waals surface area contributed by atoms with E-state index in [1.54, 1.807) is 12.3 Å². The van der Waals surface area contributed by atoms with Gasteiger partial charge in [-0.25, -0.2) is 4.98 Å². The van der Waals surface area contributed by atoms with Gasteiger partial charge in [-0.05, 0) is 43.0 Å². The molecule has 23 heavy (non-hydrogen) atoms. The molecule has 1 aromatic heterocycles. The largest absolute Gasteiger partial charge is 0.326 e. The topological polar surface area (TPSA) is 71.1 Å². The number of rotatable bonds is 4. The Kier molecular flexibility index (Phi) is 4.37. The van der Waals surface area contributed by atoms with Crippen LogP contribution < -0.4 is 10.6 Å². The van der Waals surface area contributed by atoms with Crippen molar-refractivity contribution < 1.29 is 9.59 Å². The van der Waals surface area contributed by atoms with Gasteiger partial charge >= 0.3 is 0 Å². The summed E-state index contributed by atoms with van der Waals surface area (Å²) >= 11 is 0. The maximum absolute atomic E-state index is 12.1. The lowest BCUT2D eigenvalue weighted by atomic mass is 9.89. The van der Waals surface area contributed by atoms with Gasteiger partial charge in [-0.15, -0.1) is 0 Å². The maximum Gasteiger partial charge on any atom is 0.227 e. The standard InChI is InChI=1S/C18H19N3O2/c1-12-6-8-16(19-11-12)21-17(22)9-7-14-10-13-4-2-3-5-15(13)20-18(14)23/h2-6,8,11,14H,7,9-10H2,1H3,(H,20,23)(H,19,21,22)/t14-/m1/s1. The number of aryl methyl sites for hydroxylation is 1. The van der Waals surface area contributed by atoms with Gasteiger partial charge in [0, 0.05) is 24.2 Å². The van der Waals surface area contributed by atoms with Crippen molar-refractivity contribution in [3.05, 3.63) is 53.7 Å². The number of nitrogens with one attached hydrogen (secondary N) is 2. The first-order chi connectivity index (χ1) is 11.1. The Bertz CT molecular complexity index is 725. The number of carbonyl (C=O) groups excluding carboxylic acids is 2. The Morgan fingerprint density at radius 2 is 2.13 bits per heavy atom. The van der Waals surface area contributed by atoms with Gasteiger partial charge in [0.2, 0.25) is 11.8 Å². The molecule has 1 aliphatic rings. The van der Waals surface area contributed by atoms with Crippen molar-refractivity contribution in [1.29, 1.82) is 0 Å². The van der Waals surface area contributed by atoms with Gasteiger partial charge in [0.1, 0.15) is 5.82 Å². The van der Waals surface area contributed by atoms with Crippen LogP contribution in [-0.4, -0.2) is 16.8 Å². The minimum Gasteiger partial charge on any atom is -0.326 e. The molecule has 2 heterocycles. The van der Waals surface area contributed by atoms with E-state index in [0.717, 1.165) is 16.8 Å². The van der Waals surface area contributed by atoms with Gasteiger partial charge in [0.05, 0.1) is 0 Å². The number of carbonyl (C=O) groups is 2. The van der Waals surface area contributed by atoms with E-state index in [0.29, 0.717) is 25.1 Å². The van der Waals surface area contributed by atoms with Crippen molar-refractivity contribution in [2.45, 2.75) is 26.2 Å². The summed E-state index contributed by atoms with van der Waals surface area (Å²) in [4.78, 5) is 28.3. The summed E-state index contributed by atoms with van der Waals surface area (Å²) in [6.07, 6.45) is 3.22. The van der Waals surface area contributed by atoms with Crippen molar-refractivity contribution in [3.63, 3.8) is 0 Å². The van der Waals surface area contributed by atoms with Crippen LogP contribution in [-0.2, 0) is 16.0 Å². The van der Waals surface area contributed by atoms with E-state index in [1.807, 2.05) is 37.3 Å². The van der Waals surface area contributed by atoms with Crippen molar-refractivity contribution in [3.8, 4) is 0 Å². The molecule has 0 bridgehead atoms. The number of pyridine rings is 1. The van der Waals surface area contributed by atoms with Gasteiger partial charge in [-0.3, -0.25) is 9.59 Å². The number of nitrogens with zero attached hydrogens (tertiary/aromatic N) is 1. The van der Waals surface area contributed by atoms with Crippen LogP contribution >= 0.6 is 0 Å². The Hall–Kier alpha value is -2.69. The number of benzene rings is 1. The van der Waals surface area contributed by atoms with Crippen molar-refractivity contribution >= 4 is 23.3 Å². The second-order valence-corrected chi connectivity index (χ2v) is 5.86. The molecule has 2 aromatic rings. The number of anilines is 2. The highest BCUT2D eigenvalue weighted by molar-refractivity contribution is 5.96. The van der Waals surface area contributed by atoms with Crippen LogP contribution in [0.2, 0.25) is 0 Å². The van der Waals surface area contributed by atoms with E-state index in [4.69, 9.17) is 0 Å². The third-order valence-electron chi connectivity index (χ3n) is 4.01. The number of hydrogen-bond acceptors (Lipinski definition) is 3. The smallest absolute Gasteiger partial charge is 0.227 e. The molecule has 118 valence electrons. The second kappa shape index (κ2) is 6.60. The van der Waals surface area contributed by atoms with E-state index < -0.39 is 0 Å². The summed E-state index contributed by atoms with van der Waals surface area (Å²) in [6.45, 7) is 1.94. The van der Waals surface area contributed by atoms with Crippen LogP contribution in [0.15, 0.2) is 42.6 Å². The fraction of sp³-hybridized carbons (Fsp3) is 0.278. The lowest BCUT2D eigenvalue weighted by Gasteiger charge is -2.24. The molecule has 0 radical (unpaired) electrons. The minimum absolute atomic E-state index is 0.00930. The highest BCUT2D eigenvalue weighted by Crippen LogP contribution is 2.27. The first-order valence-electron chi connectivity index (χ1n) is 7.73. The van der Waals surface area contributed by atoms with Crippen molar-refractivity contribution in [2.24, 2.45) is 5.92 Å². The number of aromatic nitrogens is 1. The van der Waals surface area contributed by atoms with Gasteiger partial charge in [0.25, 0.3) is 0 Å². The maximum atomic E-state index is 12.1. The SMILES string of the molecule is Cc1ccc(NC(=O)CC[C@@H]2Cc3ccccc3NC2=O)nc1. The number of amides is 2. The van der Waals surface area contributed by atoms with E-state index in [2.05, 4.69) is 15.6 Å². The first kappa shape index (κ1) is 15.2. The van der Waals surface area contributed by atoms with Crippen LogP contribution in [0.25, 0.3) is 0 Å². The molecule has 0 aliphatic carbocycles. The van der Waals surface area contributed by atoms with Gasteiger partial charge < -0.3 is 10.6 Å². The molecular formula is C18H19N3O2. The van der Waals surface area contributed by atoms with Crippen LogP contribution in [0, 0.1) is 12.8 Å². The molecule has 0 saturated carbocycles. The van der Waals surface area contributed by atoms with Crippen LogP contribution in [0.3, 0.4) is 0 Å². The highest BCUT2D eigenvalue weighted by atomic mass is 16.2. The molecule has 5 nitrogen and oxygen atoms in total. The zero-order chi connectivity index (χ0) is 16.2. The zero-order valence-electron chi connectivity index (χ0n) is 13.0. The summed E-state index contributed by atoms with van der Waals surface area (Å²) in [5, 5.41) is 5.67. The van der Waals surface area contributed by atoms with E-state index in [1.165, 1.54) is 0 Å². The van der Waals surface area contributed by atoms with Crippen LogP contribution in [0.5, 0.6) is 0 Å². The Balaban J connectivity index is 1.55. The zero-order valence-corrected chi connectivity index (χ0v) is 13.0. The summed E-state index contributed by atoms with van der Waals surface area (Å²) in [5.74, 6) is 0.249. The normalized spacial score (nSPS) is 16.4. The van der Waals surface area contributed by atoms with E-state index in [-0.39, 0.29) is 17.7 Å². The van der Waals surface area contributed by atoms with Gasteiger partial charge in [0.15, 0.2) is 0 Å². The molecule has 0 saturated heterocycles. The van der Waals surface area contributed by atoms with Crippen molar-refractivity contribution in [2.75, 3.05) is 10.6 Å². The van der Waals surface area contributed by atoms with Gasteiger partial charge in [-0.2, -0.15) is 0 Å². The third kappa shape index (κ3) is 3.74. The Morgan fingerprint density at radius 3 is 2.91 bits per heavy atom. The predicted molar refractivity (Wildman–Crippen MR) is 89.1 cm³/mol. The molecular weight excluding hydrogens is 290 g/mol. The lowest BCUT2D eigenvalue weighted by molar-refractivity contribution is -0.121. The fourth-order valence-corrected chi connectivity index (χ4v) is 2.70. The average Bonchev–Trinajstić information content (AvgIpc) is 2.55. The molecule has 0 fully saturated rings. The molecule has 2 amide bonds. The number of hydrogen-bond donors (Lipinski definition) is 2. The number of fused-ring (bicyclic) bond motifs is 1. The van der Waals surface area contributed by atoms with Gasteiger partial charge in [-0.1, -0.05) is 24.3 Å². The molecule has 1 aromatic carbocycles. The average molecular weight is 309 g/mol. The quantitative estimate of drug-likeness (QED) is 0.912. The molecule has 2 N–H and O–H groups in total. The monoisotopic (exact) mass is 309 g/mol. The highest BCUT2D eigenvalue weighted by Gasteiger charge is 2.26. The predicted octanol–water partition coefficient (Wildman–Crippen LogP) is 2.92. The Morgan fingerprint density at radius 1 is 1.30 bits per heavy atom. The minimum atomic E-state index is -0.165. The second-order valence-electron chi connectivity index (χ2n) is 5.86. The summed E-state index contributed by atoms with van der Waals surface area (Å²) < 4.78 is 0. The molecule has 1 atom stereocenters. The molecule has 0 unspecified atom stereocenters. The van der Waals surface area contributed by atoms with E-state index >= 15 is 0 Å². The first-order valence-corrected chi connectivity index (χ1v) is 7.73. The van der Waals surface area contributed by atoms with Crippen LogP contribution in [0.1, 0.15) is 24.0 Å². The molecule has 0 spiro atoms. The van der Waals surface area contributed by atoms with Crippen molar-refractivity contribution in [1.82, 2.24) is 4.98 Å². The third-order valence-corrected chi connectivity index (χ3v) is 4.01.